The van der Waals surface area contributed by atoms with Gasteiger partial charge in [0.25, 0.3) is 5.91 Å². The van der Waals surface area contributed by atoms with Gasteiger partial charge >= 0.3 is 0 Å². The van der Waals surface area contributed by atoms with Crippen LogP contribution in [0.15, 0.2) is 42.5 Å². The van der Waals surface area contributed by atoms with Gasteiger partial charge in [0.1, 0.15) is 5.75 Å². The van der Waals surface area contributed by atoms with Crippen LogP contribution in [-0.4, -0.2) is 37.6 Å². The number of rotatable bonds is 6. The van der Waals surface area contributed by atoms with Gasteiger partial charge in [-0.15, -0.1) is 0 Å². The van der Waals surface area contributed by atoms with Gasteiger partial charge in [-0.2, -0.15) is 0 Å². The molecule has 1 heterocycles. The topological polar surface area (TPSA) is 70.7 Å². The van der Waals surface area contributed by atoms with Gasteiger partial charge in [0, 0.05) is 17.3 Å². The Morgan fingerprint density at radius 1 is 1.25 bits per heavy atom. The van der Waals surface area contributed by atoms with Crippen molar-refractivity contribution in [2.24, 2.45) is 0 Å². The Hall–Kier alpha value is -2.73. The third-order valence-corrected chi connectivity index (χ3v) is 4.63. The summed E-state index contributed by atoms with van der Waals surface area (Å²) in [5, 5.41) is 6.26. The van der Waals surface area contributed by atoms with E-state index in [0.717, 1.165) is 17.7 Å². The summed E-state index contributed by atoms with van der Waals surface area (Å²) in [6.07, 6.45) is 0.181. The zero-order valence-corrected chi connectivity index (χ0v) is 16.8. The second kappa shape index (κ2) is 8.97. The minimum Gasteiger partial charge on any atom is -0.477 e. The molecular formula is C21H24ClN3O3. The van der Waals surface area contributed by atoms with Crippen molar-refractivity contribution >= 4 is 34.8 Å². The summed E-state index contributed by atoms with van der Waals surface area (Å²) in [4.78, 5) is 26.9. The largest absolute Gasteiger partial charge is 0.477 e. The van der Waals surface area contributed by atoms with Crippen LogP contribution >= 0.6 is 11.6 Å². The minimum absolute atomic E-state index is 0.101. The molecule has 2 amide bonds. The summed E-state index contributed by atoms with van der Waals surface area (Å²) in [6, 6.07) is 12.7. The average Bonchev–Trinajstić information content (AvgIpc) is 2.66. The van der Waals surface area contributed by atoms with Crippen molar-refractivity contribution in [1.82, 2.24) is 5.32 Å². The number of nitrogens with zero attached hydrogens (tertiary/aromatic N) is 1. The number of fused-ring (bicyclic) bond motifs is 1. The van der Waals surface area contributed by atoms with E-state index in [0.29, 0.717) is 29.5 Å². The van der Waals surface area contributed by atoms with Gasteiger partial charge in [-0.1, -0.05) is 30.7 Å². The molecule has 0 bridgehead atoms. The standard InChI is InChI=1S/C21H24ClN3O3/c1-3-9-23-21(27)19-12-25(17-10-14(2)7-8-18(17)28-19)13-20(26)24-16-6-4-5-15(22)11-16/h4-8,10-11,19H,3,9,12-13H2,1-2H3,(H,23,27)(H,24,26). The van der Waals surface area contributed by atoms with Crippen LogP contribution in [0.3, 0.4) is 0 Å². The number of hydrogen-bond acceptors (Lipinski definition) is 4. The molecule has 7 heteroatoms. The van der Waals surface area contributed by atoms with Crippen molar-refractivity contribution in [3.05, 3.63) is 53.1 Å². The number of ether oxygens (including phenoxy) is 1. The van der Waals surface area contributed by atoms with Crippen LogP contribution in [0.1, 0.15) is 18.9 Å². The molecule has 0 spiro atoms. The van der Waals surface area contributed by atoms with E-state index in [2.05, 4.69) is 10.6 Å². The maximum absolute atomic E-state index is 12.6. The predicted octanol–water partition coefficient (Wildman–Crippen LogP) is 3.38. The highest BCUT2D eigenvalue weighted by atomic mass is 35.5. The highest BCUT2D eigenvalue weighted by Crippen LogP contribution is 2.34. The number of carbonyl (C=O) groups is 2. The van der Waals surface area contributed by atoms with Crippen LogP contribution in [0.5, 0.6) is 5.75 Å². The molecule has 3 rings (SSSR count). The predicted molar refractivity (Wildman–Crippen MR) is 111 cm³/mol. The monoisotopic (exact) mass is 401 g/mol. The Balaban J connectivity index is 1.76. The number of benzene rings is 2. The quantitative estimate of drug-likeness (QED) is 0.778. The second-order valence-electron chi connectivity index (χ2n) is 6.81. The van der Waals surface area contributed by atoms with Gasteiger partial charge in [-0.25, -0.2) is 0 Å². The van der Waals surface area contributed by atoms with E-state index in [1.54, 1.807) is 24.3 Å². The molecule has 0 radical (unpaired) electrons. The molecule has 1 atom stereocenters. The lowest BCUT2D eigenvalue weighted by atomic mass is 10.1. The van der Waals surface area contributed by atoms with Gasteiger partial charge in [-0.05, 0) is 49.2 Å². The number of nitrogens with one attached hydrogen (secondary N) is 2. The van der Waals surface area contributed by atoms with E-state index in [-0.39, 0.29) is 18.4 Å². The number of halogens is 1. The van der Waals surface area contributed by atoms with Crippen LogP contribution in [-0.2, 0) is 9.59 Å². The first-order valence-corrected chi connectivity index (χ1v) is 9.69. The molecule has 0 saturated carbocycles. The Kier molecular flexibility index (Phi) is 6.41. The number of hydrogen-bond donors (Lipinski definition) is 2. The lowest BCUT2D eigenvalue weighted by Crippen LogP contribution is -2.50. The summed E-state index contributed by atoms with van der Waals surface area (Å²) in [5.41, 5.74) is 2.49. The molecule has 1 unspecified atom stereocenters. The molecule has 2 N–H and O–H groups in total. The Bertz CT molecular complexity index is 872. The summed E-state index contributed by atoms with van der Waals surface area (Å²) >= 11 is 5.98. The zero-order valence-electron chi connectivity index (χ0n) is 16.0. The van der Waals surface area contributed by atoms with Crippen LogP contribution in [0.2, 0.25) is 5.02 Å². The Labute approximate surface area is 169 Å². The third kappa shape index (κ3) is 4.95. The van der Waals surface area contributed by atoms with Crippen LogP contribution < -0.4 is 20.3 Å². The van der Waals surface area contributed by atoms with Crippen molar-refractivity contribution in [3.63, 3.8) is 0 Å². The third-order valence-electron chi connectivity index (χ3n) is 4.40. The van der Waals surface area contributed by atoms with Gasteiger partial charge in [-0.3, -0.25) is 9.59 Å². The van der Waals surface area contributed by atoms with Gasteiger partial charge < -0.3 is 20.3 Å². The molecule has 0 fully saturated rings. The number of anilines is 2. The maximum Gasteiger partial charge on any atom is 0.262 e. The number of carbonyl (C=O) groups excluding carboxylic acids is 2. The lowest BCUT2D eigenvalue weighted by molar-refractivity contribution is -0.128. The summed E-state index contributed by atoms with van der Waals surface area (Å²) in [7, 11) is 0. The molecule has 1 aliphatic heterocycles. The van der Waals surface area contributed by atoms with E-state index in [1.807, 2.05) is 36.9 Å². The molecule has 0 aliphatic carbocycles. The van der Waals surface area contributed by atoms with E-state index >= 15 is 0 Å². The second-order valence-corrected chi connectivity index (χ2v) is 7.24. The molecule has 0 aromatic heterocycles. The fraction of sp³-hybridized carbons (Fsp3) is 0.333. The first-order chi connectivity index (χ1) is 13.5. The summed E-state index contributed by atoms with van der Waals surface area (Å²) in [5.74, 6) is 0.238. The zero-order chi connectivity index (χ0) is 20.1. The first kappa shape index (κ1) is 20.0. The smallest absolute Gasteiger partial charge is 0.262 e. The molecular weight excluding hydrogens is 378 g/mol. The van der Waals surface area contributed by atoms with Gasteiger partial charge in [0.2, 0.25) is 5.91 Å². The van der Waals surface area contributed by atoms with Crippen molar-refractivity contribution in [2.45, 2.75) is 26.4 Å². The summed E-state index contributed by atoms with van der Waals surface area (Å²) in [6.45, 7) is 4.96. The van der Waals surface area contributed by atoms with Gasteiger partial charge in [0.05, 0.1) is 18.8 Å². The highest BCUT2D eigenvalue weighted by molar-refractivity contribution is 6.30. The molecule has 6 nitrogen and oxygen atoms in total. The molecule has 0 saturated heterocycles. The highest BCUT2D eigenvalue weighted by Gasteiger charge is 2.31. The lowest BCUT2D eigenvalue weighted by Gasteiger charge is -2.35. The van der Waals surface area contributed by atoms with E-state index in [1.165, 1.54) is 0 Å². The van der Waals surface area contributed by atoms with Crippen molar-refractivity contribution in [2.75, 3.05) is 29.9 Å². The SMILES string of the molecule is CCCNC(=O)C1CN(CC(=O)Nc2cccc(Cl)c2)c2cc(C)ccc2O1. The number of amides is 2. The fourth-order valence-corrected chi connectivity index (χ4v) is 3.24. The molecule has 2 aromatic carbocycles. The molecule has 148 valence electrons. The first-order valence-electron chi connectivity index (χ1n) is 9.31. The van der Waals surface area contributed by atoms with E-state index < -0.39 is 6.10 Å². The van der Waals surface area contributed by atoms with E-state index in [4.69, 9.17) is 16.3 Å². The van der Waals surface area contributed by atoms with Gasteiger partial charge in [0.15, 0.2) is 6.10 Å². The van der Waals surface area contributed by atoms with Crippen molar-refractivity contribution in [3.8, 4) is 5.75 Å². The normalized spacial score (nSPS) is 15.4. The molecule has 1 aliphatic rings. The van der Waals surface area contributed by atoms with Crippen molar-refractivity contribution < 1.29 is 14.3 Å². The Morgan fingerprint density at radius 3 is 2.82 bits per heavy atom. The fourth-order valence-electron chi connectivity index (χ4n) is 3.05. The summed E-state index contributed by atoms with van der Waals surface area (Å²) < 4.78 is 5.89. The minimum atomic E-state index is -0.666. The number of aryl methyl sites for hydroxylation is 1. The molecule has 28 heavy (non-hydrogen) atoms. The average molecular weight is 402 g/mol. The Morgan fingerprint density at radius 2 is 2.07 bits per heavy atom. The maximum atomic E-state index is 12.6. The van der Waals surface area contributed by atoms with Crippen molar-refractivity contribution in [1.29, 1.82) is 0 Å². The van der Waals surface area contributed by atoms with Crippen LogP contribution in [0.4, 0.5) is 11.4 Å². The van der Waals surface area contributed by atoms with Crippen LogP contribution in [0.25, 0.3) is 0 Å². The van der Waals surface area contributed by atoms with Crippen LogP contribution in [0, 0.1) is 6.92 Å². The molecule has 2 aromatic rings. The van der Waals surface area contributed by atoms with E-state index in [9.17, 15) is 9.59 Å².